The molecule has 140 valence electrons. The number of hydrogen-bond acceptors (Lipinski definition) is 1. The van der Waals surface area contributed by atoms with Gasteiger partial charge in [0, 0.05) is 0 Å². The van der Waals surface area contributed by atoms with Crippen LogP contribution in [0.25, 0.3) is 0 Å². The normalized spacial score (nSPS) is 43.5. The molecular weight excluding hydrogens is 304 g/mol. The summed E-state index contributed by atoms with van der Waals surface area (Å²) in [5, 5.41) is 10.2. The fraction of sp³-hybridized carbons (Fsp3) is 0.750. The molecule has 3 aliphatic carbocycles. The van der Waals surface area contributed by atoms with Crippen LogP contribution in [0.1, 0.15) is 79.1 Å². The summed E-state index contributed by atoms with van der Waals surface area (Å²) in [6.07, 6.45) is 14.5. The summed E-state index contributed by atoms with van der Waals surface area (Å²) in [5.41, 5.74) is 4.63. The number of hydrogen-bond donors (Lipinski definition) is 1. The average Bonchev–Trinajstić information content (AvgIpc) is 2.94. The molecule has 0 aromatic heterocycles. The van der Waals surface area contributed by atoms with Gasteiger partial charge in [0.1, 0.15) is 0 Å². The van der Waals surface area contributed by atoms with Crippen molar-refractivity contribution in [2.75, 3.05) is 0 Å². The molecule has 0 radical (unpaired) electrons. The number of allylic oxidation sites excluding steroid dienone is 3. The van der Waals surface area contributed by atoms with Crippen LogP contribution in [0.3, 0.4) is 0 Å². The van der Waals surface area contributed by atoms with Gasteiger partial charge in [0.25, 0.3) is 0 Å². The number of fused-ring (bicyclic) bond motifs is 1. The lowest BCUT2D eigenvalue weighted by Gasteiger charge is -2.44. The summed E-state index contributed by atoms with van der Waals surface area (Å²) in [6, 6.07) is 0. The van der Waals surface area contributed by atoms with Crippen LogP contribution in [0.2, 0.25) is 0 Å². The highest BCUT2D eigenvalue weighted by atomic mass is 16.3. The van der Waals surface area contributed by atoms with E-state index in [0.29, 0.717) is 11.3 Å². The summed E-state index contributed by atoms with van der Waals surface area (Å²) in [6.45, 7) is 13.7. The molecule has 3 aliphatic rings. The van der Waals surface area contributed by atoms with Gasteiger partial charge >= 0.3 is 0 Å². The summed E-state index contributed by atoms with van der Waals surface area (Å²) in [5.74, 6) is 2.95. The van der Waals surface area contributed by atoms with Crippen LogP contribution in [0, 0.1) is 29.1 Å². The van der Waals surface area contributed by atoms with Gasteiger partial charge in [-0.25, -0.2) is 0 Å². The van der Waals surface area contributed by atoms with E-state index < -0.39 is 0 Å². The third-order valence-corrected chi connectivity index (χ3v) is 7.99. The molecule has 6 atom stereocenters. The quantitative estimate of drug-likeness (QED) is 0.584. The van der Waals surface area contributed by atoms with E-state index >= 15 is 0 Å². The predicted octanol–water partition coefficient (Wildman–Crippen LogP) is 6.45. The lowest BCUT2D eigenvalue weighted by molar-refractivity contribution is 0.0961. The first kappa shape index (κ1) is 19.0. The molecule has 1 N–H and O–H groups in total. The van der Waals surface area contributed by atoms with E-state index in [1.165, 1.54) is 44.1 Å². The van der Waals surface area contributed by atoms with Crippen molar-refractivity contribution >= 4 is 0 Å². The highest BCUT2D eigenvalue weighted by Gasteiger charge is 2.50. The first-order valence-electron chi connectivity index (χ1n) is 10.6. The fourth-order valence-electron chi connectivity index (χ4n) is 6.18. The van der Waals surface area contributed by atoms with Gasteiger partial charge in [-0.1, -0.05) is 64.0 Å². The predicted molar refractivity (Wildman–Crippen MR) is 107 cm³/mol. The Morgan fingerprint density at radius 3 is 2.72 bits per heavy atom. The minimum atomic E-state index is -0.341. The smallest absolute Gasteiger partial charge is 0.0787 e. The molecule has 0 aliphatic heterocycles. The molecule has 0 bridgehead atoms. The average molecular weight is 343 g/mol. The summed E-state index contributed by atoms with van der Waals surface area (Å²) in [4.78, 5) is 0. The van der Waals surface area contributed by atoms with Crippen molar-refractivity contribution in [3.63, 3.8) is 0 Å². The second-order valence-corrected chi connectivity index (χ2v) is 9.45. The summed E-state index contributed by atoms with van der Waals surface area (Å²) in [7, 11) is 0. The molecule has 0 spiro atoms. The summed E-state index contributed by atoms with van der Waals surface area (Å²) < 4.78 is 0. The lowest BCUT2D eigenvalue weighted by atomic mass is 9.61. The van der Waals surface area contributed by atoms with E-state index in [1.54, 1.807) is 5.57 Å². The van der Waals surface area contributed by atoms with Crippen LogP contribution in [-0.4, -0.2) is 11.2 Å². The Bertz CT molecular complexity index is 553. The van der Waals surface area contributed by atoms with E-state index in [4.69, 9.17) is 0 Å². The SMILES string of the molecule is C=C1[C@H](C)C/C(=C/C=C2\CCCC3(C)C2CCC3[C@@H](C)CC)C[C@H]1O. The van der Waals surface area contributed by atoms with Crippen LogP contribution in [-0.2, 0) is 0 Å². The molecule has 3 fully saturated rings. The molecule has 1 nitrogen and oxygen atoms in total. The van der Waals surface area contributed by atoms with Crippen molar-refractivity contribution in [2.24, 2.45) is 29.1 Å². The van der Waals surface area contributed by atoms with E-state index in [9.17, 15) is 5.11 Å². The van der Waals surface area contributed by atoms with Gasteiger partial charge < -0.3 is 5.11 Å². The number of aliphatic hydroxyl groups is 1. The first-order chi connectivity index (χ1) is 11.9. The van der Waals surface area contributed by atoms with E-state index in [2.05, 4.69) is 46.4 Å². The van der Waals surface area contributed by atoms with Crippen LogP contribution in [0.4, 0.5) is 0 Å². The van der Waals surface area contributed by atoms with Gasteiger partial charge in [0.2, 0.25) is 0 Å². The van der Waals surface area contributed by atoms with Crippen molar-refractivity contribution < 1.29 is 5.11 Å². The van der Waals surface area contributed by atoms with Crippen molar-refractivity contribution in [2.45, 2.75) is 85.2 Å². The molecule has 3 unspecified atom stereocenters. The van der Waals surface area contributed by atoms with Crippen LogP contribution < -0.4 is 0 Å². The molecular formula is C24H38O. The van der Waals surface area contributed by atoms with Gasteiger partial charge in [-0.3, -0.25) is 0 Å². The highest BCUT2D eigenvalue weighted by Crippen LogP contribution is 2.59. The number of aliphatic hydroxyl groups excluding tert-OH is 1. The van der Waals surface area contributed by atoms with Gasteiger partial charge in [-0.2, -0.15) is 0 Å². The minimum Gasteiger partial charge on any atom is -0.388 e. The Morgan fingerprint density at radius 2 is 2.04 bits per heavy atom. The zero-order valence-corrected chi connectivity index (χ0v) is 16.9. The van der Waals surface area contributed by atoms with Crippen LogP contribution in [0.5, 0.6) is 0 Å². The second-order valence-electron chi connectivity index (χ2n) is 9.45. The zero-order chi connectivity index (χ0) is 18.2. The molecule has 3 saturated carbocycles. The lowest BCUT2D eigenvalue weighted by Crippen LogP contribution is -2.35. The molecule has 1 heteroatoms. The Balaban J connectivity index is 1.78. The van der Waals surface area contributed by atoms with Gasteiger partial charge in [-0.15, -0.1) is 0 Å². The highest BCUT2D eigenvalue weighted by molar-refractivity contribution is 5.28. The molecule has 0 saturated heterocycles. The van der Waals surface area contributed by atoms with Crippen molar-refractivity contribution in [3.05, 3.63) is 35.5 Å². The first-order valence-corrected chi connectivity index (χ1v) is 10.6. The van der Waals surface area contributed by atoms with Gasteiger partial charge in [0.15, 0.2) is 0 Å². The van der Waals surface area contributed by atoms with E-state index in [1.807, 2.05) is 0 Å². The molecule has 0 aromatic rings. The summed E-state index contributed by atoms with van der Waals surface area (Å²) >= 11 is 0. The van der Waals surface area contributed by atoms with Crippen molar-refractivity contribution in [1.29, 1.82) is 0 Å². The third kappa shape index (κ3) is 3.54. The zero-order valence-electron chi connectivity index (χ0n) is 16.9. The Hall–Kier alpha value is -0.820. The molecule has 0 amide bonds. The maximum absolute atomic E-state index is 10.2. The monoisotopic (exact) mass is 342 g/mol. The fourth-order valence-corrected chi connectivity index (χ4v) is 6.18. The van der Waals surface area contributed by atoms with Crippen molar-refractivity contribution in [3.8, 4) is 0 Å². The van der Waals surface area contributed by atoms with Gasteiger partial charge in [0.05, 0.1) is 6.10 Å². The standard InChI is InChI=1S/C24H38O/c1-6-16(2)21-11-12-22-20(8-7-13-24(21,22)5)10-9-19-14-17(3)18(4)23(25)15-19/h9-10,16-17,21-23,25H,4,6-8,11-15H2,1-3,5H3/b19-9-,20-10+/t16-,17+,21?,22?,23+,24?/m0/s1. The van der Waals surface area contributed by atoms with E-state index in [0.717, 1.165) is 36.2 Å². The molecule has 0 heterocycles. The van der Waals surface area contributed by atoms with Gasteiger partial charge in [-0.05, 0) is 79.6 Å². The Morgan fingerprint density at radius 1 is 1.28 bits per heavy atom. The Labute approximate surface area is 155 Å². The maximum atomic E-state index is 10.2. The molecule has 25 heavy (non-hydrogen) atoms. The topological polar surface area (TPSA) is 20.2 Å². The number of rotatable bonds is 3. The van der Waals surface area contributed by atoms with E-state index in [-0.39, 0.29) is 6.10 Å². The second kappa shape index (κ2) is 7.43. The maximum Gasteiger partial charge on any atom is 0.0787 e. The largest absolute Gasteiger partial charge is 0.388 e. The minimum absolute atomic E-state index is 0.341. The molecule has 0 aromatic carbocycles. The Kier molecular flexibility index (Phi) is 5.63. The van der Waals surface area contributed by atoms with Crippen LogP contribution in [0.15, 0.2) is 35.5 Å². The molecule has 3 rings (SSSR count). The third-order valence-electron chi connectivity index (χ3n) is 7.99. The van der Waals surface area contributed by atoms with Crippen LogP contribution >= 0.6 is 0 Å². The van der Waals surface area contributed by atoms with Crippen molar-refractivity contribution in [1.82, 2.24) is 0 Å².